The van der Waals surface area contributed by atoms with E-state index in [1.807, 2.05) is 51.7 Å². The summed E-state index contributed by atoms with van der Waals surface area (Å²) in [5.41, 5.74) is 2.11. The largest absolute Gasteiger partial charge is 0.486 e. The van der Waals surface area contributed by atoms with Crippen molar-refractivity contribution in [2.45, 2.75) is 12.8 Å². The van der Waals surface area contributed by atoms with Crippen molar-refractivity contribution in [2.24, 2.45) is 0 Å². The Kier molecular flexibility index (Phi) is 6.34. The van der Waals surface area contributed by atoms with Crippen LogP contribution < -0.4 is 23.8 Å². The summed E-state index contributed by atoms with van der Waals surface area (Å²) >= 11 is 6.02. The molecule has 3 aromatic carbocycles. The second kappa shape index (κ2) is 10.3. The van der Waals surface area contributed by atoms with E-state index in [0.717, 1.165) is 43.4 Å². The number of rotatable bonds is 5. The van der Waals surface area contributed by atoms with Crippen LogP contribution in [0, 0.1) is 4.77 Å². The molecule has 39 heavy (non-hydrogen) atoms. The molecule has 0 amide bonds. The normalized spacial score (nSPS) is 18.7. The van der Waals surface area contributed by atoms with Gasteiger partial charge in [-0.2, -0.15) is 5.10 Å². The van der Waals surface area contributed by atoms with Gasteiger partial charge in [-0.05, 0) is 48.6 Å². The van der Waals surface area contributed by atoms with Crippen LogP contribution in [0.5, 0.6) is 23.0 Å². The lowest BCUT2D eigenvalue weighted by Crippen LogP contribution is -2.47. The van der Waals surface area contributed by atoms with Crippen LogP contribution in [-0.4, -0.2) is 65.2 Å². The standard InChI is InChI=1S/C29H29N5O4S/c39-29-33(20-31-12-14-32(15-13-31)21-6-2-1-3-7-21)30-28(27-19-37-23-8-4-5-9-25(23)38-27)34(29)22-10-11-24-26(18-22)36-17-16-35-24/h1-11,18,27H,12-17,19-20H2/t27-/m1/s1. The maximum Gasteiger partial charge on any atom is 0.203 e. The molecule has 1 saturated heterocycles. The molecule has 7 rings (SSSR count). The van der Waals surface area contributed by atoms with Crippen LogP contribution in [0.4, 0.5) is 5.69 Å². The molecule has 0 saturated carbocycles. The minimum absolute atomic E-state index is 0.336. The zero-order chi connectivity index (χ0) is 26.2. The number of nitrogens with zero attached hydrogens (tertiary/aromatic N) is 5. The molecule has 4 aromatic rings. The minimum Gasteiger partial charge on any atom is -0.486 e. The summed E-state index contributed by atoms with van der Waals surface area (Å²) in [6.07, 6.45) is -0.425. The number of anilines is 1. The zero-order valence-electron chi connectivity index (χ0n) is 21.4. The van der Waals surface area contributed by atoms with Crippen LogP contribution in [0.1, 0.15) is 11.9 Å². The van der Waals surface area contributed by atoms with Gasteiger partial charge in [-0.25, -0.2) is 4.68 Å². The summed E-state index contributed by atoms with van der Waals surface area (Å²) in [5.74, 6) is 3.54. The van der Waals surface area contributed by atoms with E-state index in [9.17, 15) is 0 Å². The van der Waals surface area contributed by atoms with E-state index in [0.29, 0.717) is 48.6 Å². The molecule has 9 nitrogen and oxygen atoms in total. The van der Waals surface area contributed by atoms with E-state index in [1.54, 1.807) is 0 Å². The van der Waals surface area contributed by atoms with Crippen LogP contribution >= 0.6 is 12.2 Å². The Balaban J connectivity index is 1.19. The van der Waals surface area contributed by atoms with E-state index in [2.05, 4.69) is 40.1 Å². The Morgan fingerprint density at radius 1 is 0.744 bits per heavy atom. The van der Waals surface area contributed by atoms with Gasteiger partial charge >= 0.3 is 0 Å². The average Bonchev–Trinajstić information content (AvgIpc) is 3.32. The van der Waals surface area contributed by atoms with Gasteiger partial charge in [0.2, 0.25) is 4.77 Å². The Morgan fingerprint density at radius 2 is 1.46 bits per heavy atom. The van der Waals surface area contributed by atoms with Crippen molar-refractivity contribution in [3.63, 3.8) is 0 Å². The van der Waals surface area contributed by atoms with Crippen LogP contribution in [0.15, 0.2) is 72.8 Å². The van der Waals surface area contributed by atoms with Crippen LogP contribution in [0.25, 0.3) is 5.69 Å². The molecule has 0 bridgehead atoms. The van der Waals surface area contributed by atoms with E-state index in [4.69, 9.17) is 36.3 Å². The molecule has 0 unspecified atom stereocenters. The van der Waals surface area contributed by atoms with Crippen molar-refractivity contribution in [3.05, 3.63) is 83.4 Å². The number of fused-ring (bicyclic) bond motifs is 2. The number of hydrogen-bond acceptors (Lipinski definition) is 8. The molecule has 4 heterocycles. The topological polar surface area (TPSA) is 66.2 Å². The van der Waals surface area contributed by atoms with Crippen molar-refractivity contribution < 1.29 is 18.9 Å². The van der Waals surface area contributed by atoms with Crippen LogP contribution in [-0.2, 0) is 6.67 Å². The minimum atomic E-state index is -0.425. The molecule has 0 N–H and O–H groups in total. The highest BCUT2D eigenvalue weighted by Gasteiger charge is 2.30. The Hall–Kier alpha value is -4.02. The maximum atomic E-state index is 6.37. The summed E-state index contributed by atoms with van der Waals surface area (Å²) in [5, 5.41) is 5.01. The lowest BCUT2D eigenvalue weighted by molar-refractivity contribution is 0.0829. The van der Waals surface area contributed by atoms with Crippen LogP contribution in [0.3, 0.4) is 0 Å². The van der Waals surface area contributed by atoms with E-state index < -0.39 is 6.10 Å². The summed E-state index contributed by atoms with van der Waals surface area (Å²) in [6.45, 7) is 5.71. The third-order valence-electron chi connectivity index (χ3n) is 7.27. The third kappa shape index (κ3) is 4.70. The first-order valence-electron chi connectivity index (χ1n) is 13.2. The number of ether oxygens (including phenoxy) is 4. The van der Waals surface area contributed by atoms with Gasteiger partial charge in [-0.1, -0.05) is 30.3 Å². The Labute approximate surface area is 231 Å². The van der Waals surface area contributed by atoms with Gasteiger partial charge in [-0.15, -0.1) is 0 Å². The van der Waals surface area contributed by atoms with Gasteiger partial charge in [0.25, 0.3) is 0 Å². The van der Waals surface area contributed by atoms with Crippen molar-refractivity contribution in [1.29, 1.82) is 0 Å². The number of aromatic nitrogens is 3. The van der Waals surface area contributed by atoms with Crippen molar-refractivity contribution in [1.82, 2.24) is 19.2 Å². The zero-order valence-corrected chi connectivity index (χ0v) is 22.3. The SMILES string of the molecule is S=c1n(CN2CCN(c3ccccc3)CC2)nc([C@H]2COc3ccccc3O2)n1-c1ccc2c(c1)OCCO2. The van der Waals surface area contributed by atoms with Gasteiger partial charge in [0.1, 0.15) is 19.8 Å². The third-order valence-corrected chi connectivity index (χ3v) is 7.67. The first kappa shape index (κ1) is 24.1. The van der Waals surface area contributed by atoms with Gasteiger partial charge in [0, 0.05) is 37.9 Å². The number of hydrogen-bond donors (Lipinski definition) is 0. The van der Waals surface area contributed by atoms with Crippen LogP contribution in [0.2, 0.25) is 0 Å². The van der Waals surface area contributed by atoms with Crippen molar-refractivity contribution in [2.75, 3.05) is 50.9 Å². The summed E-state index contributed by atoms with van der Waals surface area (Å²) in [7, 11) is 0. The molecule has 0 spiro atoms. The first-order chi connectivity index (χ1) is 19.2. The fourth-order valence-corrected chi connectivity index (χ4v) is 5.56. The van der Waals surface area contributed by atoms with E-state index in [1.165, 1.54) is 5.69 Å². The summed E-state index contributed by atoms with van der Waals surface area (Å²) in [4.78, 5) is 4.80. The predicted molar refractivity (Wildman–Crippen MR) is 149 cm³/mol. The summed E-state index contributed by atoms with van der Waals surface area (Å²) in [6, 6.07) is 24.1. The summed E-state index contributed by atoms with van der Waals surface area (Å²) < 4.78 is 28.5. The van der Waals surface area contributed by atoms with Gasteiger partial charge in [0.15, 0.2) is 34.9 Å². The molecule has 0 aliphatic carbocycles. The lowest BCUT2D eigenvalue weighted by atomic mass is 10.2. The van der Waals surface area contributed by atoms with Crippen molar-refractivity contribution >= 4 is 17.9 Å². The highest BCUT2D eigenvalue weighted by molar-refractivity contribution is 7.71. The quantitative estimate of drug-likeness (QED) is 0.342. The first-order valence-corrected chi connectivity index (χ1v) is 13.6. The van der Waals surface area contributed by atoms with Gasteiger partial charge in [0.05, 0.1) is 12.4 Å². The monoisotopic (exact) mass is 543 g/mol. The number of para-hydroxylation sites is 3. The second-order valence-electron chi connectivity index (χ2n) is 9.75. The van der Waals surface area contributed by atoms with E-state index >= 15 is 0 Å². The molecule has 1 fully saturated rings. The van der Waals surface area contributed by atoms with Gasteiger partial charge < -0.3 is 23.8 Å². The maximum absolute atomic E-state index is 6.37. The Bertz CT molecular complexity index is 1530. The molecule has 3 aliphatic rings. The fraction of sp³-hybridized carbons (Fsp3) is 0.310. The fourth-order valence-electron chi connectivity index (χ4n) is 5.26. The highest BCUT2D eigenvalue weighted by Crippen LogP contribution is 2.37. The number of benzene rings is 3. The molecule has 1 atom stereocenters. The number of piperazine rings is 1. The molecular weight excluding hydrogens is 514 g/mol. The van der Waals surface area contributed by atoms with Crippen molar-refractivity contribution in [3.8, 4) is 28.7 Å². The molecule has 10 heteroatoms. The lowest BCUT2D eigenvalue weighted by Gasteiger charge is -2.35. The smallest absolute Gasteiger partial charge is 0.203 e. The van der Waals surface area contributed by atoms with Gasteiger partial charge in [-0.3, -0.25) is 9.47 Å². The average molecular weight is 544 g/mol. The molecule has 200 valence electrons. The molecule has 1 aromatic heterocycles. The predicted octanol–water partition coefficient (Wildman–Crippen LogP) is 4.47. The van der Waals surface area contributed by atoms with E-state index in [-0.39, 0.29) is 0 Å². The molecule has 0 radical (unpaired) electrons. The molecule has 3 aliphatic heterocycles. The molecular formula is C29H29N5O4S. The Morgan fingerprint density at radius 3 is 2.28 bits per heavy atom. The second-order valence-corrected chi connectivity index (χ2v) is 10.1. The highest BCUT2D eigenvalue weighted by atomic mass is 32.1.